The predicted octanol–water partition coefficient (Wildman–Crippen LogP) is 2.58. The molecular formula is C55H80O19. The van der Waals surface area contributed by atoms with Gasteiger partial charge in [0.15, 0.2) is 30.8 Å². The molecule has 9 aliphatic rings. The largest absolute Gasteiger partial charge is 0.508 e. The van der Waals surface area contributed by atoms with Gasteiger partial charge < -0.3 is 88.6 Å². The van der Waals surface area contributed by atoms with Gasteiger partial charge in [-0.05, 0) is 117 Å². The summed E-state index contributed by atoms with van der Waals surface area (Å²) in [4.78, 5) is 13.3. The maximum Gasteiger partial charge on any atom is 0.331 e. The molecule has 5 saturated heterocycles. The van der Waals surface area contributed by atoms with Crippen molar-refractivity contribution in [1.82, 2.24) is 0 Å². The minimum absolute atomic E-state index is 0.0220. The fraction of sp³-hybridized carbons (Fsp3) is 0.800. The molecule has 9 N–H and O–H groups in total. The summed E-state index contributed by atoms with van der Waals surface area (Å²) in [5, 5.41) is 98.1. The van der Waals surface area contributed by atoms with Crippen LogP contribution in [0.2, 0.25) is 0 Å². The first-order valence-corrected chi connectivity index (χ1v) is 26.8. The van der Waals surface area contributed by atoms with Crippen molar-refractivity contribution in [2.75, 3.05) is 26.4 Å². The quantitative estimate of drug-likeness (QED) is 0.0630. The number of carbonyl (C=O) groups excluding carboxylic acids is 1. The van der Waals surface area contributed by atoms with Gasteiger partial charge >= 0.3 is 5.97 Å². The molecule has 19 nitrogen and oxygen atoms in total. The van der Waals surface area contributed by atoms with E-state index in [-0.39, 0.29) is 52.5 Å². The number of hydrogen-bond acceptors (Lipinski definition) is 19. The van der Waals surface area contributed by atoms with Gasteiger partial charge in [0.25, 0.3) is 0 Å². The molecule has 1 aromatic carbocycles. The summed E-state index contributed by atoms with van der Waals surface area (Å²) in [6.07, 6.45) is -9.83. The van der Waals surface area contributed by atoms with Gasteiger partial charge in [-0.1, -0.05) is 51.5 Å². The second-order valence-electron chi connectivity index (χ2n) is 24.8. The van der Waals surface area contributed by atoms with E-state index >= 15 is 0 Å². The Balaban J connectivity index is 0.906. The van der Waals surface area contributed by atoms with Crippen molar-refractivity contribution in [3.05, 3.63) is 47.6 Å². The number of fused-ring (bicyclic) bond motifs is 4. The highest BCUT2D eigenvalue weighted by Gasteiger charge is 2.81. The Hall–Kier alpha value is -2.67. The molecule has 74 heavy (non-hydrogen) atoms. The van der Waals surface area contributed by atoms with Gasteiger partial charge in [-0.2, -0.15) is 0 Å². The fourth-order valence-corrected chi connectivity index (χ4v) is 16.7. The molecule has 0 unspecified atom stereocenters. The Labute approximate surface area is 432 Å². The first-order valence-electron chi connectivity index (χ1n) is 26.8. The summed E-state index contributed by atoms with van der Waals surface area (Å²) in [6, 6.07) is 5.98. The van der Waals surface area contributed by atoms with Gasteiger partial charge in [-0.15, -0.1) is 0 Å². The molecule has 5 heterocycles. The van der Waals surface area contributed by atoms with Crippen molar-refractivity contribution in [1.29, 1.82) is 0 Å². The number of ether oxygens (including phenoxy) is 9. The number of allylic oxidation sites excluding steroid dienone is 1. The smallest absolute Gasteiger partial charge is 0.331 e. The lowest BCUT2D eigenvalue weighted by Crippen LogP contribution is -2.67. The second kappa shape index (κ2) is 19.9. The zero-order valence-electron chi connectivity index (χ0n) is 43.6. The van der Waals surface area contributed by atoms with E-state index in [9.17, 15) is 50.8 Å². The van der Waals surface area contributed by atoms with Crippen LogP contribution in [-0.2, 0) is 47.4 Å². The Morgan fingerprint density at radius 1 is 0.770 bits per heavy atom. The average Bonchev–Trinajstić information content (AvgIpc) is 3.97. The van der Waals surface area contributed by atoms with Gasteiger partial charge in [0, 0.05) is 30.3 Å². The monoisotopic (exact) mass is 1040 g/mol. The fourth-order valence-electron chi connectivity index (χ4n) is 16.7. The van der Waals surface area contributed by atoms with E-state index in [1.54, 1.807) is 12.1 Å². The minimum Gasteiger partial charge on any atom is -0.508 e. The van der Waals surface area contributed by atoms with Crippen LogP contribution in [-0.4, -0.2) is 182 Å². The molecule has 5 aliphatic heterocycles. The van der Waals surface area contributed by atoms with Crippen molar-refractivity contribution < 1.29 is 93.4 Å². The van der Waals surface area contributed by atoms with Crippen LogP contribution >= 0.6 is 0 Å². The number of carbonyl (C=O) groups is 1. The number of aromatic hydroxyl groups is 1. The number of phenolic OH excluding ortho intramolecular Hbond substituents is 1. The molecule has 24 atom stereocenters. The van der Waals surface area contributed by atoms with E-state index < -0.39 is 122 Å². The normalized spacial score (nSPS) is 50.4. The van der Waals surface area contributed by atoms with E-state index in [2.05, 4.69) is 47.6 Å². The Bertz CT molecular complexity index is 2250. The third kappa shape index (κ3) is 8.94. The standard InChI is InChI=1S/C55H80O19/c1-27(2)20-30-21-53(7,65)46-31-13-14-36-51(5)18-17-37(50(3,4)35(51)16-19-52(36,6)54(31)25-55(46,74-30)67-26-54)70-48-45(73-47-42(64)40(62)34(23-57)68-47)43(32(59)24-66-48)72-49-44(41(63)39(61)33(22-56)69-49)71-38(60)15-10-28-8-11-29(58)12-9-28/h8-12,15,20,30-37,39-49,56-59,61-65H,13-14,16-19,21-26H2,1-7H3/b15-10-/t30-,31+,32-,33+,34-,35-,36+,37-,39+,40-,41-,42+,43-,44+,45+,46-,47-,48-,49-,51-,52+,53-,54-,55-/m0/s1. The second-order valence-corrected chi connectivity index (χ2v) is 24.8. The number of esters is 1. The van der Waals surface area contributed by atoms with Crippen LogP contribution in [0.25, 0.3) is 6.08 Å². The molecule has 0 amide bonds. The molecular weight excluding hydrogens is 965 g/mol. The van der Waals surface area contributed by atoms with E-state index in [0.717, 1.165) is 50.2 Å². The van der Waals surface area contributed by atoms with Gasteiger partial charge in [-0.3, -0.25) is 0 Å². The SMILES string of the molecule is CC(C)=C[C@H]1C[C@](C)(O)[C@@H]2[C@H]3CC[C@@H]4[C@@]5(C)CC[C@H](O[C@@H]6OC[C@H](O)[C@H](O[C@@H]7O[C@H](CO)[C@@H](O)[C@H](O)[C@H]7OC(=O)/C=C\c7ccc(O)cc7)[C@H]6O[C@@H]6O[C@@H](CO)[C@H](O)[C@H]6O)C(C)(C)[C@@H]5CC[C@@]4(C)[C@@]34CO[C@@]2(C4)O1. The van der Waals surface area contributed by atoms with E-state index in [4.69, 9.17) is 42.6 Å². The number of rotatable bonds is 12. The number of hydrogen-bond donors (Lipinski definition) is 9. The number of benzene rings is 1. The summed E-state index contributed by atoms with van der Waals surface area (Å²) in [5.74, 6) is -1.14. The summed E-state index contributed by atoms with van der Waals surface area (Å²) in [7, 11) is 0. The topological polar surface area (TPSA) is 282 Å². The van der Waals surface area contributed by atoms with Crippen LogP contribution in [0.5, 0.6) is 5.75 Å². The summed E-state index contributed by atoms with van der Waals surface area (Å²) < 4.78 is 57.4. The third-order valence-corrected chi connectivity index (χ3v) is 19.9. The molecule has 414 valence electrons. The molecule has 2 bridgehead atoms. The Kier molecular flexibility index (Phi) is 14.7. The number of aliphatic hydroxyl groups excluding tert-OH is 7. The highest BCUT2D eigenvalue weighted by Crippen LogP contribution is 2.80. The van der Waals surface area contributed by atoms with Gasteiger partial charge in [0.05, 0.1) is 44.2 Å². The summed E-state index contributed by atoms with van der Waals surface area (Å²) >= 11 is 0. The first-order chi connectivity index (χ1) is 34.9. The van der Waals surface area contributed by atoms with Crippen LogP contribution in [0, 0.1) is 45.3 Å². The van der Waals surface area contributed by atoms with Gasteiger partial charge in [0.1, 0.15) is 60.7 Å². The van der Waals surface area contributed by atoms with Crippen molar-refractivity contribution in [2.45, 2.75) is 203 Å². The third-order valence-electron chi connectivity index (χ3n) is 19.9. The Morgan fingerprint density at radius 2 is 1.45 bits per heavy atom. The maximum absolute atomic E-state index is 13.3. The molecule has 9 fully saturated rings. The van der Waals surface area contributed by atoms with Crippen LogP contribution in [0.3, 0.4) is 0 Å². The molecule has 4 saturated carbocycles. The molecule has 0 radical (unpaired) electrons. The maximum atomic E-state index is 13.3. The van der Waals surface area contributed by atoms with Crippen molar-refractivity contribution in [3.63, 3.8) is 0 Å². The zero-order valence-corrected chi connectivity index (χ0v) is 43.6. The van der Waals surface area contributed by atoms with Crippen LogP contribution in [0.4, 0.5) is 0 Å². The Morgan fingerprint density at radius 3 is 2.14 bits per heavy atom. The predicted molar refractivity (Wildman–Crippen MR) is 260 cm³/mol. The van der Waals surface area contributed by atoms with Gasteiger partial charge in [-0.25, -0.2) is 4.79 Å². The van der Waals surface area contributed by atoms with E-state index in [1.807, 2.05) is 6.92 Å². The van der Waals surface area contributed by atoms with E-state index in [1.165, 1.54) is 18.2 Å². The van der Waals surface area contributed by atoms with Crippen LogP contribution in [0.15, 0.2) is 42.0 Å². The van der Waals surface area contributed by atoms with Crippen LogP contribution < -0.4 is 0 Å². The van der Waals surface area contributed by atoms with Gasteiger partial charge in [0.2, 0.25) is 0 Å². The first kappa shape index (κ1) is 54.7. The van der Waals surface area contributed by atoms with Crippen molar-refractivity contribution >= 4 is 12.0 Å². The van der Waals surface area contributed by atoms with Crippen LogP contribution in [0.1, 0.15) is 105 Å². The molecule has 2 spiro atoms. The lowest BCUT2D eigenvalue weighted by Gasteiger charge is -2.70. The molecule has 19 heteroatoms. The zero-order chi connectivity index (χ0) is 53.1. The molecule has 1 aromatic rings. The van der Waals surface area contributed by atoms with E-state index in [0.29, 0.717) is 30.9 Å². The molecule has 10 rings (SSSR count). The van der Waals surface area contributed by atoms with Crippen molar-refractivity contribution in [2.24, 2.45) is 45.3 Å². The highest BCUT2D eigenvalue weighted by atomic mass is 16.8. The average molecular weight is 1050 g/mol. The molecule has 4 aliphatic carbocycles. The lowest BCUT2D eigenvalue weighted by atomic mass is 9.35. The lowest BCUT2D eigenvalue weighted by molar-refractivity contribution is -0.375. The minimum atomic E-state index is -1.85. The molecule has 0 aromatic heterocycles. The number of phenols is 1. The highest BCUT2D eigenvalue weighted by molar-refractivity contribution is 5.87. The summed E-state index contributed by atoms with van der Waals surface area (Å²) in [6.45, 7) is 14.3. The van der Waals surface area contributed by atoms with Crippen molar-refractivity contribution in [3.8, 4) is 5.75 Å². The number of aliphatic hydroxyl groups is 8. The summed E-state index contributed by atoms with van der Waals surface area (Å²) in [5.41, 5.74) is -0.128.